The van der Waals surface area contributed by atoms with E-state index in [4.69, 9.17) is 9.15 Å². The molecule has 3 rings (SSSR count). The molecule has 1 N–H and O–H groups in total. The van der Waals surface area contributed by atoms with Gasteiger partial charge in [0.25, 0.3) is 0 Å². The van der Waals surface area contributed by atoms with Crippen molar-refractivity contribution in [2.24, 2.45) is 0 Å². The molecule has 3 nitrogen and oxygen atoms in total. The SMILES string of the molecule is Cc1oc2ccccc2c1CNC1(C)CCOC1. The van der Waals surface area contributed by atoms with E-state index in [0.717, 1.165) is 37.5 Å². The van der Waals surface area contributed by atoms with Crippen LogP contribution >= 0.6 is 0 Å². The first-order valence-electron chi connectivity index (χ1n) is 6.48. The molecule has 1 aromatic heterocycles. The molecule has 3 heteroatoms. The molecule has 2 aromatic rings. The number of furan rings is 1. The van der Waals surface area contributed by atoms with Crippen LogP contribution in [0.2, 0.25) is 0 Å². The fraction of sp³-hybridized carbons (Fsp3) is 0.467. The van der Waals surface area contributed by atoms with Crippen molar-refractivity contribution in [1.29, 1.82) is 0 Å². The third kappa shape index (κ3) is 2.04. The number of nitrogens with one attached hydrogen (secondary N) is 1. The van der Waals surface area contributed by atoms with Crippen molar-refractivity contribution in [2.45, 2.75) is 32.4 Å². The zero-order valence-electron chi connectivity index (χ0n) is 11.0. The quantitative estimate of drug-likeness (QED) is 0.902. The normalized spacial score (nSPS) is 23.9. The summed E-state index contributed by atoms with van der Waals surface area (Å²) in [7, 11) is 0. The van der Waals surface area contributed by atoms with E-state index in [1.54, 1.807) is 0 Å². The Balaban J connectivity index is 1.84. The minimum Gasteiger partial charge on any atom is -0.461 e. The molecule has 1 atom stereocenters. The molecular weight excluding hydrogens is 226 g/mol. The van der Waals surface area contributed by atoms with Gasteiger partial charge in [0.05, 0.1) is 6.61 Å². The molecule has 1 fully saturated rings. The van der Waals surface area contributed by atoms with E-state index in [9.17, 15) is 0 Å². The lowest BCUT2D eigenvalue weighted by atomic mass is 10.0. The van der Waals surface area contributed by atoms with Crippen LogP contribution in [0.3, 0.4) is 0 Å². The van der Waals surface area contributed by atoms with E-state index in [-0.39, 0.29) is 5.54 Å². The van der Waals surface area contributed by atoms with Crippen LogP contribution in [0.25, 0.3) is 11.0 Å². The fourth-order valence-corrected chi connectivity index (χ4v) is 2.55. The number of hydrogen-bond acceptors (Lipinski definition) is 3. The second-order valence-electron chi connectivity index (χ2n) is 5.35. The molecule has 96 valence electrons. The molecule has 18 heavy (non-hydrogen) atoms. The van der Waals surface area contributed by atoms with Crippen LogP contribution in [0.15, 0.2) is 28.7 Å². The minimum absolute atomic E-state index is 0.102. The zero-order valence-corrected chi connectivity index (χ0v) is 11.0. The third-order valence-corrected chi connectivity index (χ3v) is 3.81. The van der Waals surface area contributed by atoms with Gasteiger partial charge in [-0.05, 0) is 26.3 Å². The van der Waals surface area contributed by atoms with Crippen LogP contribution in [-0.4, -0.2) is 18.8 Å². The monoisotopic (exact) mass is 245 g/mol. The first-order chi connectivity index (χ1) is 8.68. The predicted octanol–water partition coefficient (Wildman–Crippen LogP) is 3.01. The van der Waals surface area contributed by atoms with Crippen LogP contribution in [0, 0.1) is 6.92 Å². The molecule has 1 aliphatic rings. The number of fused-ring (bicyclic) bond motifs is 1. The Morgan fingerprint density at radius 2 is 2.17 bits per heavy atom. The maximum atomic E-state index is 5.78. The Morgan fingerprint density at radius 1 is 1.33 bits per heavy atom. The highest BCUT2D eigenvalue weighted by molar-refractivity contribution is 5.82. The molecule has 0 spiro atoms. The van der Waals surface area contributed by atoms with E-state index in [0.29, 0.717) is 0 Å². The van der Waals surface area contributed by atoms with Crippen molar-refractivity contribution < 1.29 is 9.15 Å². The van der Waals surface area contributed by atoms with Crippen molar-refractivity contribution in [3.05, 3.63) is 35.6 Å². The highest BCUT2D eigenvalue weighted by Gasteiger charge is 2.29. The highest BCUT2D eigenvalue weighted by Crippen LogP contribution is 2.26. The zero-order chi connectivity index (χ0) is 12.6. The first kappa shape index (κ1) is 11.8. The van der Waals surface area contributed by atoms with Gasteiger partial charge in [0.15, 0.2) is 0 Å². The van der Waals surface area contributed by atoms with Gasteiger partial charge in [0.1, 0.15) is 11.3 Å². The van der Waals surface area contributed by atoms with E-state index in [1.165, 1.54) is 10.9 Å². The molecule has 0 aliphatic carbocycles. The van der Waals surface area contributed by atoms with Crippen molar-refractivity contribution in [3.8, 4) is 0 Å². The molecule has 1 aliphatic heterocycles. The smallest absolute Gasteiger partial charge is 0.134 e. The van der Waals surface area contributed by atoms with Gasteiger partial charge < -0.3 is 14.5 Å². The van der Waals surface area contributed by atoms with E-state index >= 15 is 0 Å². The van der Waals surface area contributed by atoms with Crippen LogP contribution in [0.1, 0.15) is 24.7 Å². The van der Waals surface area contributed by atoms with Gasteiger partial charge in [-0.15, -0.1) is 0 Å². The Hall–Kier alpha value is -1.32. The lowest BCUT2D eigenvalue weighted by molar-refractivity contribution is 0.171. The molecule has 1 saturated heterocycles. The number of para-hydroxylation sites is 1. The lowest BCUT2D eigenvalue weighted by Gasteiger charge is -2.23. The maximum Gasteiger partial charge on any atom is 0.134 e. The van der Waals surface area contributed by atoms with Gasteiger partial charge in [-0.25, -0.2) is 0 Å². The molecule has 1 aromatic carbocycles. The summed E-state index contributed by atoms with van der Waals surface area (Å²) in [5.74, 6) is 1.01. The molecule has 1 unspecified atom stereocenters. The Kier molecular flexibility index (Phi) is 2.88. The Morgan fingerprint density at radius 3 is 2.94 bits per heavy atom. The standard InChI is InChI=1S/C15H19NO2/c1-11-13(9-16-15(2)7-8-17-10-15)12-5-3-4-6-14(12)18-11/h3-6,16H,7-10H2,1-2H3. The summed E-state index contributed by atoms with van der Waals surface area (Å²) in [4.78, 5) is 0. The highest BCUT2D eigenvalue weighted by atomic mass is 16.5. The van der Waals surface area contributed by atoms with Gasteiger partial charge in [0, 0.05) is 29.6 Å². The Bertz CT molecular complexity index is 553. The Labute approximate surface area is 107 Å². The summed E-state index contributed by atoms with van der Waals surface area (Å²) in [6, 6.07) is 8.21. The number of benzene rings is 1. The number of hydrogen-bond donors (Lipinski definition) is 1. The number of ether oxygens (including phenoxy) is 1. The van der Waals surface area contributed by atoms with Gasteiger partial charge in [-0.2, -0.15) is 0 Å². The minimum atomic E-state index is 0.102. The van der Waals surface area contributed by atoms with Crippen LogP contribution in [0.5, 0.6) is 0 Å². The summed E-state index contributed by atoms with van der Waals surface area (Å²) in [6.07, 6.45) is 1.07. The summed E-state index contributed by atoms with van der Waals surface area (Å²) in [5.41, 5.74) is 2.34. The van der Waals surface area contributed by atoms with Crippen molar-refractivity contribution in [1.82, 2.24) is 5.32 Å². The van der Waals surface area contributed by atoms with Crippen LogP contribution in [-0.2, 0) is 11.3 Å². The molecule has 0 amide bonds. The van der Waals surface area contributed by atoms with Gasteiger partial charge in [-0.3, -0.25) is 0 Å². The number of aryl methyl sites for hydroxylation is 1. The van der Waals surface area contributed by atoms with Gasteiger partial charge in [-0.1, -0.05) is 18.2 Å². The molecule has 0 saturated carbocycles. The van der Waals surface area contributed by atoms with E-state index < -0.39 is 0 Å². The summed E-state index contributed by atoms with van der Waals surface area (Å²) >= 11 is 0. The molecular formula is C15H19NO2. The summed E-state index contributed by atoms with van der Waals surface area (Å²) < 4.78 is 11.2. The van der Waals surface area contributed by atoms with Gasteiger partial charge >= 0.3 is 0 Å². The first-order valence-corrected chi connectivity index (χ1v) is 6.48. The molecule has 0 radical (unpaired) electrons. The second-order valence-corrected chi connectivity index (χ2v) is 5.35. The van der Waals surface area contributed by atoms with Gasteiger partial charge in [0.2, 0.25) is 0 Å². The van der Waals surface area contributed by atoms with Crippen molar-refractivity contribution in [2.75, 3.05) is 13.2 Å². The van der Waals surface area contributed by atoms with E-state index in [2.05, 4.69) is 24.4 Å². The second kappa shape index (κ2) is 4.41. The van der Waals surface area contributed by atoms with Crippen molar-refractivity contribution >= 4 is 11.0 Å². The third-order valence-electron chi connectivity index (χ3n) is 3.81. The largest absolute Gasteiger partial charge is 0.461 e. The predicted molar refractivity (Wildman–Crippen MR) is 71.6 cm³/mol. The maximum absolute atomic E-state index is 5.78. The summed E-state index contributed by atoms with van der Waals surface area (Å²) in [5, 5.41) is 4.82. The average molecular weight is 245 g/mol. The van der Waals surface area contributed by atoms with Crippen LogP contribution in [0.4, 0.5) is 0 Å². The van der Waals surface area contributed by atoms with E-state index in [1.807, 2.05) is 19.1 Å². The lowest BCUT2D eigenvalue weighted by Crippen LogP contribution is -2.42. The molecule has 2 heterocycles. The average Bonchev–Trinajstić information content (AvgIpc) is 2.91. The molecule has 0 bridgehead atoms. The fourth-order valence-electron chi connectivity index (χ4n) is 2.55. The van der Waals surface area contributed by atoms with Crippen LogP contribution < -0.4 is 5.32 Å². The summed E-state index contributed by atoms with van der Waals surface area (Å²) in [6.45, 7) is 6.74. The van der Waals surface area contributed by atoms with Crippen molar-refractivity contribution in [3.63, 3.8) is 0 Å². The topological polar surface area (TPSA) is 34.4 Å². The number of rotatable bonds is 3.